The third-order valence-electron chi connectivity index (χ3n) is 5.39. The van der Waals surface area contributed by atoms with Gasteiger partial charge < -0.3 is 9.32 Å². The first-order chi connectivity index (χ1) is 12.7. The molecule has 3 atom stereocenters. The summed E-state index contributed by atoms with van der Waals surface area (Å²) in [7, 11) is -3.32. The number of aryl methyl sites for hydroxylation is 1. The Morgan fingerprint density at radius 3 is 2.70 bits per heavy atom. The molecule has 1 aromatic carbocycles. The van der Waals surface area contributed by atoms with Crippen molar-refractivity contribution in [2.75, 3.05) is 25.9 Å². The Kier molecular flexibility index (Phi) is 4.31. The molecule has 2 saturated heterocycles. The molecule has 0 spiro atoms. The van der Waals surface area contributed by atoms with Gasteiger partial charge in [-0.15, -0.1) is 0 Å². The van der Waals surface area contributed by atoms with Crippen molar-refractivity contribution < 1.29 is 22.0 Å². The van der Waals surface area contributed by atoms with Gasteiger partial charge in [0, 0.05) is 32.5 Å². The predicted molar refractivity (Wildman–Crippen MR) is 94.8 cm³/mol. The van der Waals surface area contributed by atoms with Gasteiger partial charge in [0.2, 0.25) is 10.0 Å². The second kappa shape index (κ2) is 6.42. The maximum atomic E-state index is 13.8. The summed E-state index contributed by atoms with van der Waals surface area (Å²) >= 11 is 0. The SMILES string of the molecule is Cc1nc(C(=O)N2C[C@@H]3CN(S(C)(=O)=O)C[C@@H]3[C@H]2c2cccc(F)c2)co1. The van der Waals surface area contributed by atoms with Crippen LogP contribution in [0.25, 0.3) is 0 Å². The Morgan fingerprint density at radius 2 is 2.07 bits per heavy atom. The molecule has 144 valence electrons. The molecule has 2 fully saturated rings. The lowest BCUT2D eigenvalue weighted by Crippen LogP contribution is -2.37. The Hall–Kier alpha value is -2.26. The molecule has 0 aliphatic carbocycles. The third-order valence-corrected chi connectivity index (χ3v) is 6.63. The highest BCUT2D eigenvalue weighted by atomic mass is 32.2. The number of sulfonamides is 1. The normalized spacial score (nSPS) is 25.7. The van der Waals surface area contributed by atoms with Crippen molar-refractivity contribution in [2.24, 2.45) is 11.8 Å². The van der Waals surface area contributed by atoms with Gasteiger partial charge in [0.15, 0.2) is 11.6 Å². The third kappa shape index (κ3) is 3.25. The number of nitrogens with zero attached hydrogens (tertiary/aromatic N) is 3. The van der Waals surface area contributed by atoms with E-state index in [1.54, 1.807) is 24.0 Å². The van der Waals surface area contributed by atoms with Crippen LogP contribution < -0.4 is 0 Å². The van der Waals surface area contributed by atoms with E-state index in [-0.39, 0.29) is 23.4 Å². The minimum atomic E-state index is -3.32. The number of oxazole rings is 1. The van der Waals surface area contributed by atoms with Crippen molar-refractivity contribution in [3.8, 4) is 0 Å². The molecule has 0 radical (unpaired) electrons. The quantitative estimate of drug-likeness (QED) is 0.794. The standard InChI is InChI=1S/C18H20FN3O4S/c1-11-20-16(10-26-11)18(23)22-8-13-7-21(27(2,24)25)9-15(13)17(22)12-4-3-5-14(19)6-12/h3-6,10,13,15,17H,7-9H2,1-2H3/t13-,15-,17+/m0/s1. The van der Waals surface area contributed by atoms with Crippen molar-refractivity contribution in [1.82, 2.24) is 14.2 Å². The zero-order valence-corrected chi connectivity index (χ0v) is 15.8. The van der Waals surface area contributed by atoms with Crippen molar-refractivity contribution in [3.05, 3.63) is 53.5 Å². The van der Waals surface area contributed by atoms with Gasteiger partial charge in [0.05, 0.1) is 12.3 Å². The molecule has 4 rings (SSSR count). The van der Waals surface area contributed by atoms with Gasteiger partial charge in [-0.25, -0.2) is 22.1 Å². The van der Waals surface area contributed by atoms with Gasteiger partial charge in [0.1, 0.15) is 12.1 Å². The number of fused-ring (bicyclic) bond motifs is 1. The first kappa shape index (κ1) is 18.1. The van der Waals surface area contributed by atoms with Crippen LogP contribution in [0.2, 0.25) is 0 Å². The van der Waals surface area contributed by atoms with E-state index in [0.717, 1.165) is 0 Å². The van der Waals surface area contributed by atoms with Crippen LogP contribution in [-0.2, 0) is 10.0 Å². The summed E-state index contributed by atoms with van der Waals surface area (Å²) in [5.41, 5.74) is 0.861. The van der Waals surface area contributed by atoms with Gasteiger partial charge >= 0.3 is 0 Å². The summed E-state index contributed by atoms with van der Waals surface area (Å²) in [4.78, 5) is 18.8. The Morgan fingerprint density at radius 1 is 1.30 bits per heavy atom. The minimum absolute atomic E-state index is 0.00931. The second-order valence-electron chi connectivity index (χ2n) is 7.21. The molecule has 3 heterocycles. The molecular formula is C18H20FN3O4S. The zero-order chi connectivity index (χ0) is 19.3. The summed E-state index contributed by atoms with van der Waals surface area (Å²) in [6.07, 6.45) is 2.50. The van der Waals surface area contributed by atoms with Crippen LogP contribution in [0, 0.1) is 24.6 Å². The average molecular weight is 393 g/mol. The van der Waals surface area contributed by atoms with Crippen molar-refractivity contribution >= 4 is 15.9 Å². The number of amides is 1. The molecule has 2 aromatic rings. The van der Waals surface area contributed by atoms with Crippen LogP contribution in [0.5, 0.6) is 0 Å². The molecule has 2 aliphatic rings. The first-order valence-electron chi connectivity index (χ1n) is 8.67. The number of aromatic nitrogens is 1. The van der Waals surface area contributed by atoms with E-state index in [4.69, 9.17) is 4.42 Å². The summed E-state index contributed by atoms with van der Waals surface area (Å²) in [5.74, 6) is -0.397. The van der Waals surface area contributed by atoms with Crippen LogP contribution in [-0.4, -0.2) is 54.4 Å². The van der Waals surface area contributed by atoms with Crippen LogP contribution in [0.3, 0.4) is 0 Å². The number of hydrogen-bond acceptors (Lipinski definition) is 5. The lowest BCUT2D eigenvalue weighted by atomic mass is 9.89. The number of carbonyl (C=O) groups excluding carboxylic acids is 1. The lowest BCUT2D eigenvalue weighted by Gasteiger charge is -2.29. The van der Waals surface area contributed by atoms with E-state index in [2.05, 4.69) is 4.98 Å². The molecule has 27 heavy (non-hydrogen) atoms. The van der Waals surface area contributed by atoms with Gasteiger partial charge in [-0.2, -0.15) is 0 Å². The van der Waals surface area contributed by atoms with Crippen molar-refractivity contribution in [3.63, 3.8) is 0 Å². The fraction of sp³-hybridized carbons (Fsp3) is 0.444. The van der Waals surface area contributed by atoms with E-state index in [0.29, 0.717) is 31.1 Å². The highest BCUT2D eigenvalue weighted by Gasteiger charge is 2.51. The first-order valence-corrected chi connectivity index (χ1v) is 10.5. The van der Waals surface area contributed by atoms with Gasteiger partial charge in [0.25, 0.3) is 5.91 Å². The summed E-state index contributed by atoms with van der Waals surface area (Å²) < 4.78 is 44.4. The number of likely N-dealkylation sites (tertiary alicyclic amines) is 1. The van der Waals surface area contributed by atoms with E-state index in [1.807, 2.05) is 0 Å². The van der Waals surface area contributed by atoms with Crippen LogP contribution >= 0.6 is 0 Å². The molecule has 1 amide bonds. The lowest BCUT2D eigenvalue weighted by molar-refractivity contribution is 0.0702. The van der Waals surface area contributed by atoms with Crippen LogP contribution in [0.15, 0.2) is 34.9 Å². The largest absolute Gasteiger partial charge is 0.448 e. The molecule has 0 saturated carbocycles. The molecular weight excluding hydrogens is 373 g/mol. The molecule has 0 unspecified atom stereocenters. The second-order valence-corrected chi connectivity index (χ2v) is 9.20. The van der Waals surface area contributed by atoms with E-state index in [1.165, 1.54) is 29.0 Å². The number of carbonyl (C=O) groups is 1. The van der Waals surface area contributed by atoms with E-state index >= 15 is 0 Å². The van der Waals surface area contributed by atoms with Gasteiger partial charge in [-0.1, -0.05) is 12.1 Å². The Balaban J connectivity index is 1.71. The number of hydrogen-bond donors (Lipinski definition) is 0. The molecule has 9 heteroatoms. The zero-order valence-electron chi connectivity index (χ0n) is 15.0. The van der Waals surface area contributed by atoms with E-state index < -0.39 is 21.9 Å². The molecule has 0 N–H and O–H groups in total. The molecule has 7 nitrogen and oxygen atoms in total. The van der Waals surface area contributed by atoms with Crippen molar-refractivity contribution in [1.29, 1.82) is 0 Å². The van der Waals surface area contributed by atoms with Crippen LogP contribution in [0.1, 0.15) is 28.0 Å². The minimum Gasteiger partial charge on any atom is -0.448 e. The summed E-state index contributed by atoms with van der Waals surface area (Å²) in [6.45, 7) is 2.72. The maximum absolute atomic E-state index is 13.8. The number of rotatable bonds is 3. The van der Waals surface area contributed by atoms with Crippen LogP contribution in [0.4, 0.5) is 4.39 Å². The topological polar surface area (TPSA) is 83.7 Å². The van der Waals surface area contributed by atoms with Gasteiger partial charge in [-0.05, 0) is 23.6 Å². The Labute approximate surface area is 156 Å². The number of halogens is 1. The fourth-order valence-corrected chi connectivity index (χ4v) is 5.12. The monoisotopic (exact) mass is 393 g/mol. The Bertz CT molecular complexity index is 990. The highest BCUT2D eigenvalue weighted by Crippen LogP contribution is 2.46. The van der Waals surface area contributed by atoms with E-state index in [9.17, 15) is 17.6 Å². The maximum Gasteiger partial charge on any atom is 0.276 e. The fourth-order valence-electron chi connectivity index (χ4n) is 4.21. The van der Waals surface area contributed by atoms with Gasteiger partial charge in [-0.3, -0.25) is 4.79 Å². The molecule has 0 bridgehead atoms. The highest BCUT2D eigenvalue weighted by molar-refractivity contribution is 7.88. The molecule has 2 aliphatic heterocycles. The summed E-state index contributed by atoms with van der Waals surface area (Å²) in [6, 6.07) is 5.71. The summed E-state index contributed by atoms with van der Waals surface area (Å²) in [5, 5.41) is 0. The molecule has 1 aromatic heterocycles. The predicted octanol–water partition coefficient (Wildman–Crippen LogP) is 1.83. The smallest absolute Gasteiger partial charge is 0.276 e. The number of benzene rings is 1. The average Bonchev–Trinajstić information content (AvgIpc) is 3.26. The van der Waals surface area contributed by atoms with Crippen molar-refractivity contribution in [2.45, 2.75) is 13.0 Å².